The van der Waals surface area contributed by atoms with Crippen molar-refractivity contribution in [2.45, 2.75) is 38.6 Å². The highest BCUT2D eigenvalue weighted by molar-refractivity contribution is 5.77. The molecule has 1 atom stereocenters. The second-order valence-corrected chi connectivity index (χ2v) is 5.50. The summed E-state index contributed by atoms with van der Waals surface area (Å²) in [6.45, 7) is 2.21. The van der Waals surface area contributed by atoms with Crippen molar-refractivity contribution in [3.05, 3.63) is 59.2 Å². The summed E-state index contributed by atoms with van der Waals surface area (Å²) in [5, 5.41) is 0. The predicted octanol–water partition coefficient (Wildman–Crippen LogP) is 4.45. The van der Waals surface area contributed by atoms with Crippen LogP contribution in [0.3, 0.4) is 0 Å². The highest BCUT2D eigenvalue weighted by Gasteiger charge is 2.18. The zero-order valence-corrected chi connectivity index (χ0v) is 11.5. The molecule has 0 saturated carbocycles. The summed E-state index contributed by atoms with van der Waals surface area (Å²) < 4.78 is 0. The van der Waals surface area contributed by atoms with Gasteiger partial charge in [-0.25, -0.2) is 0 Å². The molecule has 1 heteroatoms. The van der Waals surface area contributed by atoms with Crippen molar-refractivity contribution in [1.82, 2.24) is 0 Å². The Morgan fingerprint density at radius 2 is 1.84 bits per heavy atom. The molecule has 0 aromatic heterocycles. The van der Waals surface area contributed by atoms with E-state index in [2.05, 4.69) is 49.4 Å². The molecule has 0 fully saturated rings. The van der Waals surface area contributed by atoms with Crippen LogP contribution >= 0.6 is 0 Å². The van der Waals surface area contributed by atoms with Crippen LogP contribution in [0.15, 0.2) is 42.5 Å². The van der Waals surface area contributed by atoms with Crippen molar-refractivity contribution in [2.24, 2.45) is 5.73 Å². The molecule has 1 unspecified atom stereocenters. The standard InChI is InChI=1S/C18H21N/c1-2-3-8-18(19)15-10-9-14-11-13-6-4-5-7-16(13)17(14)12-15/h4-7,9-10,12,18H,2-3,8,11,19H2,1H3. The molecule has 3 rings (SSSR count). The molecule has 0 radical (unpaired) electrons. The molecule has 2 N–H and O–H groups in total. The lowest BCUT2D eigenvalue weighted by atomic mass is 9.97. The summed E-state index contributed by atoms with van der Waals surface area (Å²) >= 11 is 0. The molecule has 0 bridgehead atoms. The number of hydrogen-bond donors (Lipinski definition) is 1. The number of unbranched alkanes of at least 4 members (excludes halogenated alkanes) is 1. The highest BCUT2D eigenvalue weighted by Crippen LogP contribution is 2.37. The van der Waals surface area contributed by atoms with E-state index in [-0.39, 0.29) is 6.04 Å². The Morgan fingerprint density at radius 1 is 1.05 bits per heavy atom. The van der Waals surface area contributed by atoms with Gasteiger partial charge in [-0.3, -0.25) is 0 Å². The molecule has 1 nitrogen and oxygen atoms in total. The SMILES string of the molecule is CCCCC(N)c1ccc2c(c1)-c1ccccc1C2. The van der Waals surface area contributed by atoms with Crippen molar-refractivity contribution in [1.29, 1.82) is 0 Å². The fourth-order valence-corrected chi connectivity index (χ4v) is 2.96. The van der Waals surface area contributed by atoms with Crippen molar-refractivity contribution >= 4 is 0 Å². The van der Waals surface area contributed by atoms with Gasteiger partial charge in [0.1, 0.15) is 0 Å². The number of hydrogen-bond acceptors (Lipinski definition) is 1. The van der Waals surface area contributed by atoms with Gasteiger partial charge in [-0.15, -0.1) is 0 Å². The molecular formula is C18H21N. The van der Waals surface area contributed by atoms with Crippen LogP contribution in [0.4, 0.5) is 0 Å². The van der Waals surface area contributed by atoms with E-state index in [1.807, 2.05) is 0 Å². The maximum absolute atomic E-state index is 6.30. The lowest BCUT2D eigenvalue weighted by Gasteiger charge is -2.13. The number of rotatable bonds is 4. The van der Waals surface area contributed by atoms with E-state index in [1.165, 1.54) is 40.7 Å². The third kappa shape index (κ3) is 2.31. The van der Waals surface area contributed by atoms with Gasteiger partial charge in [-0.2, -0.15) is 0 Å². The average Bonchev–Trinajstić information content (AvgIpc) is 2.82. The lowest BCUT2D eigenvalue weighted by Crippen LogP contribution is -2.10. The Bertz CT molecular complexity index is 586. The van der Waals surface area contributed by atoms with E-state index < -0.39 is 0 Å². The number of nitrogens with two attached hydrogens (primary N) is 1. The van der Waals surface area contributed by atoms with Crippen LogP contribution in [-0.4, -0.2) is 0 Å². The van der Waals surface area contributed by atoms with Gasteiger partial charge in [0.2, 0.25) is 0 Å². The van der Waals surface area contributed by atoms with E-state index in [9.17, 15) is 0 Å². The molecule has 1 aliphatic carbocycles. The lowest BCUT2D eigenvalue weighted by molar-refractivity contribution is 0.603. The van der Waals surface area contributed by atoms with Crippen molar-refractivity contribution in [3.8, 4) is 11.1 Å². The van der Waals surface area contributed by atoms with E-state index >= 15 is 0 Å². The van der Waals surface area contributed by atoms with Crippen molar-refractivity contribution < 1.29 is 0 Å². The summed E-state index contributed by atoms with van der Waals surface area (Å²) in [4.78, 5) is 0. The van der Waals surface area contributed by atoms with Crippen LogP contribution in [0.2, 0.25) is 0 Å². The van der Waals surface area contributed by atoms with Gasteiger partial charge in [0.15, 0.2) is 0 Å². The Balaban J connectivity index is 1.93. The Hall–Kier alpha value is -1.60. The minimum absolute atomic E-state index is 0.179. The Kier molecular flexibility index (Phi) is 3.39. The summed E-state index contributed by atoms with van der Waals surface area (Å²) in [5.41, 5.74) is 13.2. The zero-order chi connectivity index (χ0) is 13.2. The fourth-order valence-electron chi connectivity index (χ4n) is 2.96. The third-order valence-corrected chi connectivity index (χ3v) is 4.12. The largest absolute Gasteiger partial charge is 0.324 e. The summed E-state index contributed by atoms with van der Waals surface area (Å²) in [6, 6.07) is 15.7. The zero-order valence-electron chi connectivity index (χ0n) is 11.5. The fraction of sp³-hybridized carbons (Fsp3) is 0.333. The van der Waals surface area contributed by atoms with E-state index in [1.54, 1.807) is 0 Å². The first kappa shape index (κ1) is 12.4. The summed E-state index contributed by atoms with van der Waals surface area (Å²) in [5.74, 6) is 0. The van der Waals surface area contributed by atoms with Gasteiger partial charge in [-0.1, -0.05) is 56.2 Å². The van der Waals surface area contributed by atoms with Crippen LogP contribution in [0.1, 0.15) is 48.9 Å². The predicted molar refractivity (Wildman–Crippen MR) is 81.1 cm³/mol. The quantitative estimate of drug-likeness (QED) is 0.728. The van der Waals surface area contributed by atoms with E-state index in [4.69, 9.17) is 5.73 Å². The summed E-state index contributed by atoms with van der Waals surface area (Å²) in [7, 11) is 0. The van der Waals surface area contributed by atoms with Crippen LogP contribution in [0.5, 0.6) is 0 Å². The normalized spacial score (nSPS) is 14.0. The molecule has 0 aliphatic heterocycles. The molecule has 2 aromatic carbocycles. The topological polar surface area (TPSA) is 26.0 Å². The molecule has 2 aromatic rings. The minimum Gasteiger partial charge on any atom is -0.324 e. The molecule has 0 spiro atoms. The Labute approximate surface area is 115 Å². The van der Waals surface area contributed by atoms with E-state index in [0.29, 0.717) is 0 Å². The van der Waals surface area contributed by atoms with Gasteiger partial charge in [0.05, 0.1) is 0 Å². The Morgan fingerprint density at radius 3 is 2.68 bits per heavy atom. The van der Waals surface area contributed by atoms with Gasteiger partial charge in [0.25, 0.3) is 0 Å². The van der Waals surface area contributed by atoms with Crippen LogP contribution < -0.4 is 5.73 Å². The molecule has 0 saturated heterocycles. The second-order valence-electron chi connectivity index (χ2n) is 5.50. The van der Waals surface area contributed by atoms with Gasteiger partial charge in [-0.05, 0) is 46.7 Å². The first-order valence-electron chi connectivity index (χ1n) is 7.26. The molecule has 1 aliphatic rings. The van der Waals surface area contributed by atoms with E-state index in [0.717, 1.165) is 12.8 Å². The van der Waals surface area contributed by atoms with Crippen molar-refractivity contribution in [2.75, 3.05) is 0 Å². The smallest absolute Gasteiger partial charge is 0.0295 e. The molecule has 0 heterocycles. The number of benzene rings is 2. The third-order valence-electron chi connectivity index (χ3n) is 4.12. The molecule has 19 heavy (non-hydrogen) atoms. The van der Waals surface area contributed by atoms with Gasteiger partial charge in [0, 0.05) is 6.04 Å². The van der Waals surface area contributed by atoms with Crippen LogP contribution in [-0.2, 0) is 6.42 Å². The van der Waals surface area contributed by atoms with Crippen molar-refractivity contribution in [3.63, 3.8) is 0 Å². The maximum Gasteiger partial charge on any atom is 0.0295 e. The van der Waals surface area contributed by atoms with Gasteiger partial charge >= 0.3 is 0 Å². The monoisotopic (exact) mass is 251 g/mol. The maximum atomic E-state index is 6.30. The van der Waals surface area contributed by atoms with Crippen LogP contribution in [0.25, 0.3) is 11.1 Å². The molecule has 98 valence electrons. The first-order chi connectivity index (χ1) is 9.29. The highest BCUT2D eigenvalue weighted by atomic mass is 14.6. The van der Waals surface area contributed by atoms with Crippen LogP contribution in [0, 0.1) is 0 Å². The second kappa shape index (κ2) is 5.18. The minimum atomic E-state index is 0.179. The average molecular weight is 251 g/mol. The number of fused-ring (bicyclic) bond motifs is 3. The first-order valence-corrected chi connectivity index (χ1v) is 7.26. The summed E-state index contributed by atoms with van der Waals surface area (Å²) in [6.07, 6.45) is 4.56. The van der Waals surface area contributed by atoms with Gasteiger partial charge < -0.3 is 5.73 Å². The molecular weight excluding hydrogens is 230 g/mol. The molecule has 0 amide bonds.